The van der Waals surface area contributed by atoms with Gasteiger partial charge in [-0.1, -0.05) is 18.5 Å². The van der Waals surface area contributed by atoms with Crippen LogP contribution in [0.3, 0.4) is 0 Å². The summed E-state index contributed by atoms with van der Waals surface area (Å²) >= 11 is 0. The lowest BCUT2D eigenvalue weighted by Gasteiger charge is -2.20. The van der Waals surface area contributed by atoms with E-state index in [-0.39, 0.29) is 12.1 Å². The summed E-state index contributed by atoms with van der Waals surface area (Å²) in [5, 5.41) is 3.97. The molecule has 1 aliphatic rings. The summed E-state index contributed by atoms with van der Waals surface area (Å²) in [7, 11) is 0. The van der Waals surface area contributed by atoms with E-state index in [1.165, 1.54) is 6.42 Å². The Kier molecular flexibility index (Phi) is 4.50. The molecular weight excluding hydrogens is 218 g/mol. The number of nitrogens with zero attached hydrogens (tertiary/aromatic N) is 2. The van der Waals surface area contributed by atoms with Gasteiger partial charge in [0.25, 0.3) is 0 Å². The Bertz CT molecular complexity index is 334. The topological polar surface area (TPSA) is 74.2 Å². The molecule has 1 aromatic rings. The second-order valence-corrected chi connectivity index (χ2v) is 4.64. The molecule has 0 saturated carbocycles. The van der Waals surface area contributed by atoms with Crippen molar-refractivity contribution in [3.8, 4) is 0 Å². The van der Waals surface area contributed by atoms with Gasteiger partial charge in [-0.3, -0.25) is 0 Å². The first kappa shape index (κ1) is 12.5. The maximum atomic E-state index is 5.92. The third-order valence-electron chi connectivity index (χ3n) is 3.08. The summed E-state index contributed by atoms with van der Waals surface area (Å²) in [6.07, 6.45) is 6.36. The molecule has 2 N–H and O–H groups in total. The fourth-order valence-electron chi connectivity index (χ4n) is 2.11. The highest BCUT2D eigenvalue weighted by Crippen LogP contribution is 2.18. The maximum Gasteiger partial charge on any atom is 0.243 e. The van der Waals surface area contributed by atoms with Crippen LogP contribution in [0, 0.1) is 0 Å². The van der Waals surface area contributed by atoms with Crippen LogP contribution in [-0.4, -0.2) is 22.9 Å². The number of ether oxygens (including phenoxy) is 1. The van der Waals surface area contributed by atoms with Crippen molar-refractivity contribution < 1.29 is 9.26 Å². The number of hydrogen-bond donors (Lipinski definition) is 1. The molecule has 0 spiro atoms. The minimum Gasteiger partial charge on any atom is -0.378 e. The van der Waals surface area contributed by atoms with E-state index in [0.29, 0.717) is 5.89 Å². The highest BCUT2D eigenvalue weighted by molar-refractivity contribution is 4.93. The molecule has 0 bridgehead atoms. The van der Waals surface area contributed by atoms with Gasteiger partial charge in [0.2, 0.25) is 5.89 Å². The van der Waals surface area contributed by atoms with E-state index in [2.05, 4.69) is 17.1 Å². The minimum absolute atomic E-state index is 0.131. The highest BCUT2D eigenvalue weighted by Gasteiger charge is 2.19. The first-order valence-electron chi connectivity index (χ1n) is 6.49. The molecule has 2 rings (SSSR count). The summed E-state index contributed by atoms with van der Waals surface area (Å²) in [5.74, 6) is 1.27. The molecule has 1 saturated heterocycles. The number of hydrogen-bond acceptors (Lipinski definition) is 5. The van der Waals surface area contributed by atoms with E-state index in [1.54, 1.807) is 0 Å². The van der Waals surface area contributed by atoms with Crippen LogP contribution in [0.25, 0.3) is 0 Å². The molecule has 0 radical (unpaired) electrons. The van der Waals surface area contributed by atoms with E-state index in [4.69, 9.17) is 15.0 Å². The summed E-state index contributed by atoms with van der Waals surface area (Å²) < 4.78 is 10.8. The molecule has 2 atom stereocenters. The molecule has 2 unspecified atom stereocenters. The van der Waals surface area contributed by atoms with Gasteiger partial charge in [0.05, 0.1) is 12.1 Å². The van der Waals surface area contributed by atoms with Gasteiger partial charge in [0.1, 0.15) is 0 Å². The van der Waals surface area contributed by atoms with Crippen molar-refractivity contribution in [1.82, 2.24) is 10.1 Å². The molecule has 0 aliphatic carbocycles. The molecule has 0 amide bonds. The second kappa shape index (κ2) is 6.12. The maximum absolute atomic E-state index is 5.92. The van der Waals surface area contributed by atoms with Crippen LogP contribution in [0.15, 0.2) is 4.52 Å². The van der Waals surface area contributed by atoms with Gasteiger partial charge in [-0.2, -0.15) is 4.98 Å². The van der Waals surface area contributed by atoms with Crippen LogP contribution in [0.2, 0.25) is 0 Å². The molecule has 96 valence electrons. The molecular formula is C12H21N3O2. The second-order valence-electron chi connectivity index (χ2n) is 4.64. The Labute approximate surface area is 102 Å². The van der Waals surface area contributed by atoms with Crippen molar-refractivity contribution in [3.05, 3.63) is 11.7 Å². The zero-order chi connectivity index (χ0) is 12.1. The van der Waals surface area contributed by atoms with Gasteiger partial charge in [-0.25, -0.2) is 0 Å². The standard InChI is InChI=1S/C12H21N3O2/c1-2-5-10(13)12-14-11(15-17-12)8-9-6-3-4-7-16-9/h9-10H,2-8,13H2,1H3. The number of nitrogens with two attached hydrogens (primary N) is 1. The lowest BCUT2D eigenvalue weighted by Crippen LogP contribution is -2.22. The normalized spacial score (nSPS) is 22.6. The molecule has 0 aromatic carbocycles. The van der Waals surface area contributed by atoms with Crippen LogP contribution in [0.5, 0.6) is 0 Å². The van der Waals surface area contributed by atoms with Crippen molar-refractivity contribution in [2.24, 2.45) is 5.73 Å². The fourth-order valence-corrected chi connectivity index (χ4v) is 2.11. The number of aromatic nitrogens is 2. The van der Waals surface area contributed by atoms with Gasteiger partial charge < -0.3 is 15.0 Å². The zero-order valence-electron chi connectivity index (χ0n) is 10.4. The van der Waals surface area contributed by atoms with Gasteiger partial charge in [-0.05, 0) is 25.7 Å². The molecule has 1 fully saturated rings. The smallest absolute Gasteiger partial charge is 0.243 e. The van der Waals surface area contributed by atoms with Crippen molar-refractivity contribution >= 4 is 0 Å². The van der Waals surface area contributed by atoms with Crippen molar-refractivity contribution in [3.63, 3.8) is 0 Å². The predicted octanol–water partition coefficient (Wildman–Crippen LogP) is 1.98. The minimum atomic E-state index is -0.131. The zero-order valence-corrected chi connectivity index (χ0v) is 10.4. The predicted molar refractivity (Wildman–Crippen MR) is 63.4 cm³/mol. The first-order valence-corrected chi connectivity index (χ1v) is 6.49. The van der Waals surface area contributed by atoms with E-state index in [9.17, 15) is 0 Å². The van der Waals surface area contributed by atoms with Crippen LogP contribution in [-0.2, 0) is 11.2 Å². The summed E-state index contributed by atoms with van der Waals surface area (Å²) in [4.78, 5) is 4.34. The van der Waals surface area contributed by atoms with Crippen LogP contribution < -0.4 is 5.73 Å². The Morgan fingerprint density at radius 3 is 3.06 bits per heavy atom. The average molecular weight is 239 g/mol. The third kappa shape index (κ3) is 3.51. The highest BCUT2D eigenvalue weighted by atomic mass is 16.5. The SMILES string of the molecule is CCCC(N)c1nc(CC2CCCCO2)no1. The Morgan fingerprint density at radius 1 is 1.47 bits per heavy atom. The van der Waals surface area contributed by atoms with Crippen LogP contribution >= 0.6 is 0 Å². The van der Waals surface area contributed by atoms with E-state index in [0.717, 1.165) is 44.5 Å². The quantitative estimate of drug-likeness (QED) is 0.850. The van der Waals surface area contributed by atoms with Crippen LogP contribution in [0.1, 0.15) is 56.8 Å². The Balaban J connectivity index is 1.88. The van der Waals surface area contributed by atoms with Crippen molar-refractivity contribution in [2.75, 3.05) is 6.61 Å². The van der Waals surface area contributed by atoms with Crippen molar-refractivity contribution in [2.45, 2.75) is 57.6 Å². The van der Waals surface area contributed by atoms with Gasteiger partial charge >= 0.3 is 0 Å². The fraction of sp³-hybridized carbons (Fsp3) is 0.833. The summed E-state index contributed by atoms with van der Waals surface area (Å²) in [5.41, 5.74) is 5.92. The van der Waals surface area contributed by atoms with Crippen LogP contribution in [0.4, 0.5) is 0 Å². The van der Waals surface area contributed by atoms with E-state index < -0.39 is 0 Å². The lowest BCUT2D eigenvalue weighted by molar-refractivity contribution is 0.0153. The number of rotatable bonds is 5. The molecule has 1 aromatic heterocycles. The Hall–Kier alpha value is -0.940. The molecule has 17 heavy (non-hydrogen) atoms. The molecule has 5 nitrogen and oxygen atoms in total. The van der Waals surface area contributed by atoms with Gasteiger partial charge in [0.15, 0.2) is 5.82 Å². The largest absolute Gasteiger partial charge is 0.378 e. The summed E-state index contributed by atoms with van der Waals surface area (Å²) in [6, 6.07) is -0.131. The average Bonchev–Trinajstić information content (AvgIpc) is 2.79. The lowest BCUT2D eigenvalue weighted by atomic mass is 10.1. The first-order chi connectivity index (χ1) is 8.29. The Morgan fingerprint density at radius 2 is 2.35 bits per heavy atom. The molecule has 1 aliphatic heterocycles. The molecule has 5 heteroatoms. The third-order valence-corrected chi connectivity index (χ3v) is 3.08. The van der Waals surface area contributed by atoms with Gasteiger partial charge in [-0.15, -0.1) is 0 Å². The van der Waals surface area contributed by atoms with E-state index in [1.807, 2.05) is 0 Å². The summed E-state index contributed by atoms with van der Waals surface area (Å²) in [6.45, 7) is 2.94. The molecule has 2 heterocycles. The van der Waals surface area contributed by atoms with E-state index >= 15 is 0 Å². The monoisotopic (exact) mass is 239 g/mol. The van der Waals surface area contributed by atoms with Gasteiger partial charge in [0, 0.05) is 13.0 Å². The van der Waals surface area contributed by atoms with Crippen molar-refractivity contribution in [1.29, 1.82) is 0 Å².